The van der Waals surface area contributed by atoms with Crippen LogP contribution in [0, 0.1) is 5.82 Å². The monoisotopic (exact) mass is 234 g/mol. The zero-order chi connectivity index (χ0) is 11.7. The molecule has 3 rings (SSSR count). The van der Waals surface area contributed by atoms with Gasteiger partial charge in [0.15, 0.2) is 0 Å². The second-order valence-corrected chi connectivity index (χ2v) is 4.42. The SMILES string of the molecule is Fc1ccc2nc(NC3CCNCC3)[nH]c2c1. The highest BCUT2D eigenvalue weighted by molar-refractivity contribution is 5.77. The van der Waals surface area contributed by atoms with Gasteiger partial charge in [-0.1, -0.05) is 0 Å². The average Bonchev–Trinajstić information content (AvgIpc) is 2.71. The Kier molecular flexibility index (Phi) is 2.68. The van der Waals surface area contributed by atoms with Crippen LogP contribution < -0.4 is 10.6 Å². The maximum atomic E-state index is 13.0. The number of benzene rings is 1. The second-order valence-electron chi connectivity index (χ2n) is 4.42. The molecule has 0 aliphatic carbocycles. The summed E-state index contributed by atoms with van der Waals surface area (Å²) < 4.78 is 13.0. The van der Waals surface area contributed by atoms with Crippen LogP contribution in [-0.4, -0.2) is 29.1 Å². The molecule has 5 heteroatoms. The number of hydrogen-bond acceptors (Lipinski definition) is 3. The van der Waals surface area contributed by atoms with Crippen LogP contribution in [0.5, 0.6) is 0 Å². The van der Waals surface area contributed by atoms with Crippen LogP contribution in [0.25, 0.3) is 11.0 Å². The molecule has 0 amide bonds. The first-order valence-corrected chi connectivity index (χ1v) is 5.94. The first-order chi connectivity index (χ1) is 8.31. The van der Waals surface area contributed by atoms with Crippen LogP contribution in [0.15, 0.2) is 18.2 Å². The number of halogens is 1. The number of imidazole rings is 1. The number of H-pyrrole nitrogens is 1. The minimum absolute atomic E-state index is 0.241. The molecule has 1 aromatic carbocycles. The van der Waals surface area contributed by atoms with Crippen molar-refractivity contribution in [3.63, 3.8) is 0 Å². The standard InChI is InChI=1S/C12H15FN4/c13-8-1-2-10-11(7-8)17-12(16-10)15-9-3-5-14-6-4-9/h1-2,7,9,14H,3-6H2,(H2,15,16,17). The molecule has 1 saturated heterocycles. The fourth-order valence-electron chi connectivity index (χ4n) is 2.21. The molecule has 3 N–H and O–H groups in total. The summed E-state index contributed by atoms with van der Waals surface area (Å²) in [7, 11) is 0. The number of hydrogen-bond donors (Lipinski definition) is 3. The van der Waals surface area contributed by atoms with Crippen LogP contribution in [0.3, 0.4) is 0 Å². The van der Waals surface area contributed by atoms with Gasteiger partial charge in [-0.3, -0.25) is 0 Å². The van der Waals surface area contributed by atoms with E-state index >= 15 is 0 Å². The van der Waals surface area contributed by atoms with E-state index in [1.165, 1.54) is 12.1 Å². The van der Waals surface area contributed by atoms with Crippen LogP contribution in [0.1, 0.15) is 12.8 Å². The zero-order valence-corrected chi connectivity index (χ0v) is 9.46. The zero-order valence-electron chi connectivity index (χ0n) is 9.46. The lowest BCUT2D eigenvalue weighted by molar-refractivity contribution is 0.477. The third-order valence-electron chi connectivity index (χ3n) is 3.12. The largest absolute Gasteiger partial charge is 0.353 e. The van der Waals surface area contributed by atoms with Gasteiger partial charge < -0.3 is 15.6 Å². The van der Waals surface area contributed by atoms with E-state index in [1.54, 1.807) is 6.07 Å². The van der Waals surface area contributed by atoms with Gasteiger partial charge in [0.05, 0.1) is 11.0 Å². The van der Waals surface area contributed by atoms with E-state index in [0.717, 1.165) is 42.9 Å². The molecule has 0 unspecified atom stereocenters. The number of rotatable bonds is 2. The highest BCUT2D eigenvalue weighted by Gasteiger charge is 2.14. The Hall–Kier alpha value is -1.62. The van der Waals surface area contributed by atoms with Gasteiger partial charge in [-0.2, -0.15) is 0 Å². The molecule has 1 aromatic heterocycles. The van der Waals surface area contributed by atoms with Crippen LogP contribution in [0.2, 0.25) is 0 Å². The lowest BCUT2D eigenvalue weighted by Gasteiger charge is -2.23. The Morgan fingerprint density at radius 2 is 2.12 bits per heavy atom. The maximum absolute atomic E-state index is 13.0. The predicted octanol–water partition coefficient (Wildman–Crippen LogP) is 1.87. The number of aromatic amines is 1. The summed E-state index contributed by atoms with van der Waals surface area (Å²) in [5, 5.41) is 6.67. The number of piperidine rings is 1. The van der Waals surface area contributed by atoms with Crippen molar-refractivity contribution in [1.29, 1.82) is 0 Å². The van der Waals surface area contributed by atoms with Crippen LogP contribution in [-0.2, 0) is 0 Å². The molecular weight excluding hydrogens is 219 g/mol. The summed E-state index contributed by atoms with van der Waals surface area (Å²) in [5.74, 6) is 0.493. The topological polar surface area (TPSA) is 52.7 Å². The number of nitrogens with one attached hydrogen (secondary N) is 3. The van der Waals surface area contributed by atoms with E-state index in [4.69, 9.17) is 0 Å². The van der Waals surface area contributed by atoms with Crippen molar-refractivity contribution in [3.05, 3.63) is 24.0 Å². The van der Waals surface area contributed by atoms with E-state index in [2.05, 4.69) is 20.6 Å². The Morgan fingerprint density at radius 1 is 1.29 bits per heavy atom. The van der Waals surface area contributed by atoms with E-state index in [1.807, 2.05) is 0 Å². The molecule has 0 atom stereocenters. The summed E-state index contributed by atoms with van der Waals surface area (Å²) in [6.07, 6.45) is 2.18. The summed E-state index contributed by atoms with van der Waals surface area (Å²) in [4.78, 5) is 7.50. The second kappa shape index (κ2) is 4.33. The molecule has 1 aliphatic rings. The van der Waals surface area contributed by atoms with Crippen LogP contribution >= 0.6 is 0 Å². The van der Waals surface area contributed by atoms with Crippen molar-refractivity contribution in [3.8, 4) is 0 Å². The third kappa shape index (κ3) is 2.24. The van der Waals surface area contributed by atoms with E-state index in [9.17, 15) is 4.39 Å². The average molecular weight is 234 g/mol. The van der Waals surface area contributed by atoms with Gasteiger partial charge in [0.2, 0.25) is 5.95 Å². The Balaban J connectivity index is 1.80. The van der Waals surface area contributed by atoms with Crippen molar-refractivity contribution < 1.29 is 4.39 Å². The molecule has 90 valence electrons. The molecular formula is C12H15FN4. The summed E-state index contributed by atoms with van der Waals surface area (Å²) >= 11 is 0. The van der Waals surface area contributed by atoms with Gasteiger partial charge in [-0.25, -0.2) is 9.37 Å². The Bertz CT molecular complexity index is 516. The first-order valence-electron chi connectivity index (χ1n) is 5.94. The minimum Gasteiger partial charge on any atom is -0.353 e. The molecule has 0 saturated carbocycles. The maximum Gasteiger partial charge on any atom is 0.201 e. The van der Waals surface area contributed by atoms with E-state index < -0.39 is 0 Å². The minimum atomic E-state index is -0.241. The Labute approximate surface area is 98.6 Å². The molecule has 0 spiro atoms. The number of anilines is 1. The van der Waals surface area contributed by atoms with Gasteiger partial charge in [-0.15, -0.1) is 0 Å². The highest BCUT2D eigenvalue weighted by Crippen LogP contribution is 2.17. The molecule has 0 radical (unpaired) electrons. The quantitative estimate of drug-likeness (QED) is 0.743. The van der Waals surface area contributed by atoms with Gasteiger partial charge >= 0.3 is 0 Å². The predicted molar refractivity (Wildman–Crippen MR) is 65.6 cm³/mol. The summed E-state index contributed by atoms with van der Waals surface area (Å²) in [6, 6.07) is 5.03. The van der Waals surface area contributed by atoms with Crippen molar-refractivity contribution in [2.24, 2.45) is 0 Å². The number of aromatic nitrogens is 2. The van der Waals surface area contributed by atoms with Gasteiger partial charge in [-0.05, 0) is 44.1 Å². The lowest BCUT2D eigenvalue weighted by Crippen LogP contribution is -2.35. The fraction of sp³-hybridized carbons (Fsp3) is 0.417. The molecule has 2 heterocycles. The number of nitrogens with zero attached hydrogens (tertiary/aromatic N) is 1. The van der Waals surface area contributed by atoms with Gasteiger partial charge in [0.1, 0.15) is 5.82 Å². The number of fused-ring (bicyclic) bond motifs is 1. The normalized spacial score (nSPS) is 17.5. The molecule has 0 bridgehead atoms. The summed E-state index contributed by atoms with van der Waals surface area (Å²) in [6.45, 7) is 2.07. The van der Waals surface area contributed by atoms with Crippen molar-refractivity contribution >= 4 is 17.0 Å². The lowest BCUT2D eigenvalue weighted by atomic mass is 10.1. The molecule has 17 heavy (non-hydrogen) atoms. The Morgan fingerprint density at radius 3 is 2.94 bits per heavy atom. The molecule has 4 nitrogen and oxygen atoms in total. The van der Waals surface area contributed by atoms with E-state index in [-0.39, 0.29) is 5.82 Å². The van der Waals surface area contributed by atoms with Crippen LogP contribution in [0.4, 0.5) is 10.3 Å². The summed E-state index contributed by atoms with van der Waals surface area (Å²) in [5.41, 5.74) is 1.53. The molecule has 1 aliphatic heterocycles. The van der Waals surface area contributed by atoms with Gasteiger partial charge in [0, 0.05) is 6.04 Å². The van der Waals surface area contributed by atoms with Crippen molar-refractivity contribution in [1.82, 2.24) is 15.3 Å². The molecule has 1 fully saturated rings. The first kappa shape index (κ1) is 10.5. The fourth-order valence-corrected chi connectivity index (χ4v) is 2.21. The third-order valence-corrected chi connectivity index (χ3v) is 3.12. The highest BCUT2D eigenvalue weighted by atomic mass is 19.1. The smallest absolute Gasteiger partial charge is 0.201 e. The van der Waals surface area contributed by atoms with E-state index in [0.29, 0.717) is 6.04 Å². The van der Waals surface area contributed by atoms with Gasteiger partial charge in [0.25, 0.3) is 0 Å². The van der Waals surface area contributed by atoms with Crippen molar-refractivity contribution in [2.75, 3.05) is 18.4 Å². The van der Waals surface area contributed by atoms with Crippen molar-refractivity contribution in [2.45, 2.75) is 18.9 Å². The molecule has 2 aromatic rings.